The van der Waals surface area contributed by atoms with Gasteiger partial charge in [-0.1, -0.05) is 18.2 Å². The van der Waals surface area contributed by atoms with E-state index in [4.69, 9.17) is 9.47 Å². The quantitative estimate of drug-likeness (QED) is 0.531. The molecule has 0 aliphatic carbocycles. The molecule has 4 rings (SSSR count). The Bertz CT molecular complexity index is 977. The third kappa shape index (κ3) is 5.73. The van der Waals surface area contributed by atoms with Gasteiger partial charge in [0, 0.05) is 24.9 Å². The third-order valence-electron chi connectivity index (χ3n) is 5.51. The fraction of sp³-hybridized carbons (Fsp3) is 0.360. The highest BCUT2D eigenvalue weighted by Crippen LogP contribution is 2.17. The van der Waals surface area contributed by atoms with Crippen LogP contribution >= 0.6 is 0 Å². The van der Waals surface area contributed by atoms with E-state index >= 15 is 0 Å². The lowest BCUT2D eigenvalue weighted by molar-refractivity contribution is 0.0679. The van der Waals surface area contributed by atoms with Gasteiger partial charge in [0.1, 0.15) is 12.4 Å². The SMILES string of the molecule is Cc1nn(-c2ccccc2)cc1CCCNC(=O)c1ccc(OCC2CCCO2)cc1. The molecular weight excluding hydrogens is 390 g/mol. The number of hydrogen-bond donors (Lipinski definition) is 1. The smallest absolute Gasteiger partial charge is 0.251 e. The predicted molar refractivity (Wildman–Crippen MR) is 120 cm³/mol. The minimum absolute atomic E-state index is 0.0672. The maximum absolute atomic E-state index is 12.4. The summed E-state index contributed by atoms with van der Waals surface area (Å²) in [5.74, 6) is 0.695. The van der Waals surface area contributed by atoms with Crippen LogP contribution in [0.25, 0.3) is 5.69 Å². The number of nitrogens with zero attached hydrogens (tertiary/aromatic N) is 2. The standard InChI is InChI=1S/C25H29N3O3/c1-19-21(17-28(27-19)22-8-3-2-4-9-22)7-5-15-26-25(29)20-11-13-23(14-12-20)31-18-24-10-6-16-30-24/h2-4,8-9,11-14,17,24H,5-7,10,15-16,18H2,1H3,(H,26,29). The highest BCUT2D eigenvalue weighted by atomic mass is 16.5. The molecule has 1 aliphatic rings. The molecule has 162 valence electrons. The lowest BCUT2D eigenvalue weighted by atomic mass is 10.1. The Kier molecular flexibility index (Phi) is 6.99. The minimum Gasteiger partial charge on any atom is -0.491 e. The number of carbonyl (C=O) groups excluding carboxylic acids is 1. The molecule has 6 heteroatoms. The van der Waals surface area contributed by atoms with Crippen LogP contribution < -0.4 is 10.1 Å². The second kappa shape index (κ2) is 10.3. The van der Waals surface area contributed by atoms with E-state index in [1.54, 1.807) is 12.1 Å². The van der Waals surface area contributed by atoms with Crippen molar-refractivity contribution < 1.29 is 14.3 Å². The van der Waals surface area contributed by atoms with Gasteiger partial charge in [0.25, 0.3) is 5.91 Å². The summed E-state index contributed by atoms with van der Waals surface area (Å²) in [4.78, 5) is 12.4. The fourth-order valence-electron chi connectivity index (χ4n) is 3.70. The summed E-state index contributed by atoms with van der Waals surface area (Å²) in [6.45, 7) is 4.02. The lowest BCUT2D eigenvalue weighted by Gasteiger charge is -2.11. The lowest BCUT2D eigenvalue weighted by Crippen LogP contribution is -2.24. The van der Waals surface area contributed by atoms with Crippen LogP contribution in [-0.4, -0.2) is 41.6 Å². The number of amides is 1. The highest BCUT2D eigenvalue weighted by molar-refractivity contribution is 5.94. The van der Waals surface area contributed by atoms with E-state index in [9.17, 15) is 4.79 Å². The predicted octanol–water partition coefficient (Wildman–Crippen LogP) is 4.10. The molecule has 0 radical (unpaired) electrons. The second-order valence-electron chi connectivity index (χ2n) is 7.85. The summed E-state index contributed by atoms with van der Waals surface area (Å²) in [6, 6.07) is 17.4. The van der Waals surface area contributed by atoms with Gasteiger partial charge in [-0.25, -0.2) is 4.68 Å². The van der Waals surface area contributed by atoms with Crippen LogP contribution in [0.2, 0.25) is 0 Å². The Morgan fingerprint density at radius 1 is 1.19 bits per heavy atom. The first-order valence-electron chi connectivity index (χ1n) is 10.9. The van der Waals surface area contributed by atoms with Crippen molar-refractivity contribution in [1.29, 1.82) is 0 Å². The van der Waals surface area contributed by atoms with Crippen LogP contribution in [0, 0.1) is 6.92 Å². The highest BCUT2D eigenvalue weighted by Gasteiger charge is 2.16. The van der Waals surface area contributed by atoms with E-state index in [2.05, 4.69) is 16.6 Å². The van der Waals surface area contributed by atoms with Crippen molar-refractivity contribution in [3.63, 3.8) is 0 Å². The molecule has 1 unspecified atom stereocenters. The van der Waals surface area contributed by atoms with Crippen molar-refractivity contribution in [2.24, 2.45) is 0 Å². The average molecular weight is 420 g/mol. The van der Waals surface area contributed by atoms with Gasteiger partial charge in [-0.15, -0.1) is 0 Å². The van der Waals surface area contributed by atoms with E-state index < -0.39 is 0 Å². The third-order valence-corrected chi connectivity index (χ3v) is 5.51. The number of rotatable bonds is 9. The Hall–Kier alpha value is -3.12. The van der Waals surface area contributed by atoms with Gasteiger partial charge < -0.3 is 14.8 Å². The van der Waals surface area contributed by atoms with Crippen molar-refractivity contribution in [3.05, 3.63) is 77.6 Å². The molecule has 1 aromatic heterocycles. The van der Waals surface area contributed by atoms with E-state index in [0.717, 1.165) is 49.4 Å². The first-order chi connectivity index (χ1) is 15.2. The van der Waals surface area contributed by atoms with Crippen molar-refractivity contribution in [3.8, 4) is 11.4 Å². The molecule has 6 nitrogen and oxygen atoms in total. The number of nitrogens with one attached hydrogen (secondary N) is 1. The van der Waals surface area contributed by atoms with Crippen LogP contribution in [0.1, 0.15) is 40.9 Å². The van der Waals surface area contributed by atoms with Gasteiger partial charge in [0.15, 0.2) is 0 Å². The monoisotopic (exact) mass is 419 g/mol. The van der Waals surface area contributed by atoms with E-state index in [-0.39, 0.29) is 12.0 Å². The Morgan fingerprint density at radius 3 is 2.74 bits per heavy atom. The van der Waals surface area contributed by atoms with Crippen LogP contribution in [0.5, 0.6) is 5.75 Å². The van der Waals surface area contributed by atoms with Gasteiger partial charge in [-0.05, 0) is 74.6 Å². The molecule has 0 saturated carbocycles. The van der Waals surface area contributed by atoms with Gasteiger partial charge in [-0.2, -0.15) is 5.10 Å². The second-order valence-corrected chi connectivity index (χ2v) is 7.85. The molecule has 1 fully saturated rings. The Morgan fingerprint density at radius 2 is 2.00 bits per heavy atom. The van der Waals surface area contributed by atoms with E-state index in [1.165, 1.54) is 5.56 Å². The Labute approximate surface area is 183 Å². The molecule has 1 saturated heterocycles. The summed E-state index contributed by atoms with van der Waals surface area (Å²) in [5, 5.41) is 7.60. The zero-order valence-electron chi connectivity index (χ0n) is 17.9. The number of benzene rings is 2. The summed E-state index contributed by atoms with van der Waals surface area (Å²) in [5.41, 5.74) is 3.91. The maximum Gasteiger partial charge on any atom is 0.251 e. The minimum atomic E-state index is -0.0672. The summed E-state index contributed by atoms with van der Waals surface area (Å²) >= 11 is 0. The molecule has 1 amide bonds. The Balaban J connectivity index is 1.21. The molecular formula is C25H29N3O3. The average Bonchev–Trinajstić information content (AvgIpc) is 3.46. The van der Waals surface area contributed by atoms with Gasteiger partial charge >= 0.3 is 0 Å². The van der Waals surface area contributed by atoms with E-state index in [1.807, 2.05) is 54.1 Å². The zero-order valence-corrected chi connectivity index (χ0v) is 17.9. The van der Waals surface area contributed by atoms with Crippen LogP contribution in [0.4, 0.5) is 0 Å². The summed E-state index contributed by atoms with van der Waals surface area (Å²) < 4.78 is 13.2. The maximum atomic E-state index is 12.4. The molecule has 31 heavy (non-hydrogen) atoms. The first kappa shape index (κ1) is 21.1. The molecule has 1 atom stereocenters. The molecule has 3 aromatic rings. The fourth-order valence-corrected chi connectivity index (χ4v) is 3.70. The van der Waals surface area contributed by atoms with Crippen LogP contribution in [0.3, 0.4) is 0 Å². The molecule has 0 spiro atoms. The van der Waals surface area contributed by atoms with Crippen molar-refractivity contribution in [2.45, 2.75) is 38.7 Å². The summed E-state index contributed by atoms with van der Waals surface area (Å²) in [6.07, 6.45) is 6.13. The number of aromatic nitrogens is 2. The molecule has 0 bridgehead atoms. The van der Waals surface area contributed by atoms with Crippen molar-refractivity contribution in [1.82, 2.24) is 15.1 Å². The van der Waals surface area contributed by atoms with Crippen molar-refractivity contribution >= 4 is 5.91 Å². The first-order valence-corrected chi connectivity index (χ1v) is 10.9. The van der Waals surface area contributed by atoms with Crippen LogP contribution in [0.15, 0.2) is 60.8 Å². The number of para-hydroxylation sites is 1. The molecule has 1 N–H and O–H groups in total. The topological polar surface area (TPSA) is 65.4 Å². The van der Waals surface area contributed by atoms with Gasteiger partial charge in [0.2, 0.25) is 0 Å². The normalized spacial score (nSPS) is 15.7. The van der Waals surface area contributed by atoms with Gasteiger partial charge in [0.05, 0.1) is 17.5 Å². The number of hydrogen-bond acceptors (Lipinski definition) is 4. The zero-order chi connectivity index (χ0) is 21.5. The molecule has 1 aliphatic heterocycles. The molecule has 2 aromatic carbocycles. The van der Waals surface area contributed by atoms with Crippen molar-refractivity contribution in [2.75, 3.05) is 19.8 Å². The van der Waals surface area contributed by atoms with E-state index in [0.29, 0.717) is 18.7 Å². The number of ether oxygens (including phenoxy) is 2. The number of aryl methyl sites for hydroxylation is 2. The molecule has 2 heterocycles. The number of carbonyl (C=O) groups is 1. The largest absolute Gasteiger partial charge is 0.491 e. The van der Waals surface area contributed by atoms with Gasteiger partial charge in [-0.3, -0.25) is 4.79 Å². The summed E-state index contributed by atoms with van der Waals surface area (Å²) in [7, 11) is 0. The van der Waals surface area contributed by atoms with Crippen LogP contribution in [-0.2, 0) is 11.2 Å².